The largest absolute Gasteiger partial charge is 0.356 e. The summed E-state index contributed by atoms with van der Waals surface area (Å²) in [5.41, 5.74) is 1.38. The second-order valence-corrected chi connectivity index (χ2v) is 4.82. The van der Waals surface area contributed by atoms with Crippen molar-refractivity contribution in [1.29, 1.82) is 0 Å². The summed E-state index contributed by atoms with van der Waals surface area (Å²) in [4.78, 5) is 8.24. The van der Waals surface area contributed by atoms with Gasteiger partial charge in [0.25, 0.3) is 0 Å². The van der Waals surface area contributed by atoms with Gasteiger partial charge >= 0.3 is 0 Å². The van der Waals surface area contributed by atoms with Crippen LogP contribution in [0.1, 0.15) is 12.0 Å². The molecule has 0 atom stereocenters. The minimum atomic E-state index is 0.828. The van der Waals surface area contributed by atoms with E-state index in [1.165, 1.54) is 5.56 Å². The van der Waals surface area contributed by atoms with Gasteiger partial charge in [0.15, 0.2) is 5.96 Å². The van der Waals surface area contributed by atoms with E-state index in [4.69, 9.17) is 0 Å². The molecule has 2 aromatic rings. The molecule has 1 aromatic carbocycles. The summed E-state index contributed by atoms with van der Waals surface area (Å²) in [6.45, 7) is 2.62. The predicted molar refractivity (Wildman–Crippen MR) is 86.4 cm³/mol. The lowest BCUT2D eigenvalue weighted by Gasteiger charge is -2.12. The van der Waals surface area contributed by atoms with E-state index in [9.17, 15) is 0 Å². The molecule has 0 amide bonds. The number of hydrogen-bond acceptors (Lipinski definition) is 2. The molecule has 0 aliphatic carbocycles. The number of rotatable bonds is 7. The maximum atomic E-state index is 4.22. The minimum absolute atomic E-state index is 0.828. The predicted octanol–water partition coefficient (Wildman–Crippen LogP) is 1.68. The Morgan fingerprint density at radius 2 is 2.00 bits per heavy atom. The zero-order valence-corrected chi connectivity index (χ0v) is 12.5. The number of nitrogens with one attached hydrogen (secondary N) is 2. The number of aryl methyl sites for hydroxylation is 1. The summed E-state index contributed by atoms with van der Waals surface area (Å²) in [6, 6.07) is 10.5. The highest BCUT2D eigenvalue weighted by Gasteiger charge is 1.97. The van der Waals surface area contributed by atoms with Crippen LogP contribution in [0.2, 0.25) is 0 Å². The third-order valence-electron chi connectivity index (χ3n) is 3.22. The molecule has 0 unspecified atom stereocenters. The van der Waals surface area contributed by atoms with Crippen LogP contribution in [-0.4, -0.2) is 35.6 Å². The van der Waals surface area contributed by atoms with Crippen LogP contribution in [0.25, 0.3) is 0 Å². The molecule has 0 saturated carbocycles. The van der Waals surface area contributed by atoms with E-state index in [2.05, 4.69) is 44.9 Å². The van der Waals surface area contributed by atoms with Gasteiger partial charge in [-0.25, -0.2) is 4.98 Å². The molecule has 2 rings (SSSR count). The van der Waals surface area contributed by atoms with Crippen molar-refractivity contribution < 1.29 is 0 Å². The van der Waals surface area contributed by atoms with Crippen molar-refractivity contribution in [1.82, 2.24) is 20.2 Å². The molecule has 0 saturated heterocycles. The molecule has 21 heavy (non-hydrogen) atoms. The summed E-state index contributed by atoms with van der Waals surface area (Å²) in [5, 5.41) is 6.63. The van der Waals surface area contributed by atoms with Crippen molar-refractivity contribution in [3.8, 4) is 0 Å². The average molecular weight is 285 g/mol. The third kappa shape index (κ3) is 5.69. The number of guanidine groups is 1. The normalized spacial score (nSPS) is 11.4. The molecule has 112 valence electrons. The smallest absolute Gasteiger partial charge is 0.191 e. The molecular formula is C16H23N5. The summed E-state index contributed by atoms with van der Waals surface area (Å²) in [6.07, 6.45) is 7.73. The SMILES string of the molecule is CN=C(NCCCc1ccccc1)NCCn1ccnc1. The van der Waals surface area contributed by atoms with Crippen LogP contribution in [0.3, 0.4) is 0 Å². The van der Waals surface area contributed by atoms with Crippen LogP contribution < -0.4 is 10.6 Å². The number of nitrogens with zero attached hydrogens (tertiary/aromatic N) is 3. The number of aromatic nitrogens is 2. The Bertz CT molecular complexity index is 519. The zero-order valence-electron chi connectivity index (χ0n) is 12.5. The molecule has 0 fully saturated rings. The van der Waals surface area contributed by atoms with E-state index in [1.807, 2.05) is 23.2 Å². The van der Waals surface area contributed by atoms with Crippen LogP contribution in [-0.2, 0) is 13.0 Å². The average Bonchev–Trinajstić information content (AvgIpc) is 3.04. The molecule has 0 bridgehead atoms. The van der Waals surface area contributed by atoms with Gasteiger partial charge < -0.3 is 15.2 Å². The maximum Gasteiger partial charge on any atom is 0.191 e. The molecule has 5 nitrogen and oxygen atoms in total. The van der Waals surface area contributed by atoms with Crippen LogP contribution >= 0.6 is 0 Å². The molecule has 1 heterocycles. The van der Waals surface area contributed by atoms with Gasteiger partial charge in [0.05, 0.1) is 6.33 Å². The van der Waals surface area contributed by atoms with Crippen molar-refractivity contribution in [2.24, 2.45) is 4.99 Å². The van der Waals surface area contributed by atoms with E-state index in [0.29, 0.717) is 0 Å². The van der Waals surface area contributed by atoms with Gasteiger partial charge in [-0.2, -0.15) is 0 Å². The first-order valence-electron chi connectivity index (χ1n) is 7.32. The van der Waals surface area contributed by atoms with Gasteiger partial charge in [-0.1, -0.05) is 30.3 Å². The van der Waals surface area contributed by atoms with Gasteiger partial charge in [0.2, 0.25) is 0 Å². The highest BCUT2D eigenvalue weighted by atomic mass is 15.2. The lowest BCUT2D eigenvalue weighted by atomic mass is 10.1. The molecule has 5 heteroatoms. The number of imidazole rings is 1. The van der Waals surface area contributed by atoms with Crippen LogP contribution in [0.5, 0.6) is 0 Å². The lowest BCUT2D eigenvalue weighted by molar-refractivity contribution is 0.657. The molecule has 0 aliphatic heterocycles. The molecule has 0 aliphatic rings. The summed E-state index contributed by atoms with van der Waals surface area (Å²) in [7, 11) is 1.80. The van der Waals surface area contributed by atoms with Gasteiger partial charge in [-0.15, -0.1) is 0 Å². The van der Waals surface area contributed by atoms with Gasteiger partial charge in [0, 0.05) is 39.1 Å². The Kier molecular flexibility index (Phi) is 6.32. The van der Waals surface area contributed by atoms with E-state index < -0.39 is 0 Å². The van der Waals surface area contributed by atoms with Crippen LogP contribution in [0.4, 0.5) is 0 Å². The van der Waals surface area contributed by atoms with Crippen molar-refractivity contribution in [3.63, 3.8) is 0 Å². The number of aliphatic imine (C=N–C) groups is 1. The zero-order chi connectivity index (χ0) is 14.8. The second kappa shape index (κ2) is 8.79. The Hall–Kier alpha value is -2.30. The lowest BCUT2D eigenvalue weighted by Crippen LogP contribution is -2.39. The summed E-state index contributed by atoms with van der Waals surface area (Å²) in [5.74, 6) is 0.850. The quantitative estimate of drug-likeness (QED) is 0.462. The number of benzene rings is 1. The Morgan fingerprint density at radius 1 is 1.19 bits per heavy atom. The first kappa shape index (κ1) is 15.1. The molecule has 0 radical (unpaired) electrons. The maximum absolute atomic E-state index is 4.22. The fraction of sp³-hybridized carbons (Fsp3) is 0.375. The summed E-state index contributed by atoms with van der Waals surface area (Å²) >= 11 is 0. The fourth-order valence-electron chi connectivity index (χ4n) is 2.09. The second-order valence-electron chi connectivity index (χ2n) is 4.82. The highest BCUT2D eigenvalue weighted by Crippen LogP contribution is 2.01. The molecule has 2 N–H and O–H groups in total. The topological polar surface area (TPSA) is 54.2 Å². The standard InChI is InChI=1S/C16H23N5/c1-17-16(20-11-13-21-12-10-18-14-21)19-9-5-8-15-6-3-2-4-7-15/h2-4,6-7,10,12,14H,5,8-9,11,13H2,1H3,(H2,17,19,20). The van der Waals surface area contributed by atoms with Crippen molar-refractivity contribution in [3.05, 3.63) is 54.6 Å². The minimum Gasteiger partial charge on any atom is -0.356 e. The number of hydrogen-bond donors (Lipinski definition) is 2. The monoisotopic (exact) mass is 285 g/mol. The van der Waals surface area contributed by atoms with Crippen LogP contribution in [0.15, 0.2) is 54.0 Å². The van der Waals surface area contributed by atoms with E-state index in [0.717, 1.165) is 38.4 Å². The van der Waals surface area contributed by atoms with Gasteiger partial charge in [-0.05, 0) is 18.4 Å². The Morgan fingerprint density at radius 3 is 2.71 bits per heavy atom. The highest BCUT2D eigenvalue weighted by molar-refractivity contribution is 5.79. The first-order valence-corrected chi connectivity index (χ1v) is 7.32. The molecule has 1 aromatic heterocycles. The van der Waals surface area contributed by atoms with Gasteiger partial charge in [0.1, 0.15) is 0 Å². The van der Waals surface area contributed by atoms with Gasteiger partial charge in [-0.3, -0.25) is 4.99 Å². The molecular weight excluding hydrogens is 262 g/mol. The summed E-state index contributed by atoms with van der Waals surface area (Å²) < 4.78 is 2.04. The Labute approximate surface area is 126 Å². The first-order chi connectivity index (χ1) is 10.4. The Balaban J connectivity index is 1.59. The van der Waals surface area contributed by atoms with Crippen molar-refractivity contribution >= 4 is 5.96 Å². The van der Waals surface area contributed by atoms with E-state index >= 15 is 0 Å². The van der Waals surface area contributed by atoms with Crippen molar-refractivity contribution in [2.75, 3.05) is 20.1 Å². The fourth-order valence-corrected chi connectivity index (χ4v) is 2.09. The third-order valence-corrected chi connectivity index (χ3v) is 3.22. The van der Waals surface area contributed by atoms with E-state index in [-0.39, 0.29) is 0 Å². The van der Waals surface area contributed by atoms with Crippen molar-refractivity contribution in [2.45, 2.75) is 19.4 Å². The van der Waals surface area contributed by atoms with Crippen LogP contribution in [0, 0.1) is 0 Å². The van der Waals surface area contributed by atoms with E-state index in [1.54, 1.807) is 13.2 Å². The molecule has 0 spiro atoms.